The van der Waals surface area contributed by atoms with Gasteiger partial charge in [0.1, 0.15) is 0 Å². The molecule has 1 aliphatic rings. The van der Waals surface area contributed by atoms with Crippen LogP contribution in [0, 0.1) is 6.92 Å². The first-order valence-corrected chi connectivity index (χ1v) is 8.76. The Kier molecular flexibility index (Phi) is 5.44. The number of halogens is 6. The van der Waals surface area contributed by atoms with Gasteiger partial charge in [0.2, 0.25) is 0 Å². The lowest BCUT2D eigenvalue weighted by Gasteiger charge is -2.24. The molecule has 1 aliphatic carbocycles. The summed E-state index contributed by atoms with van der Waals surface area (Å²) in [5, 5.41) is 3.18. The molecule has 0 aliphatic heterocycles. The van der Waals surface area contributed by atoms with E-state index in [1.807, 2.05) is 0 Å². The lowest BCUT2D eigenvalue weighted by molar-refractivity contribution is -0.143. The molecule has 0 amide bonds. The maximum Gasteiger partial charge on any atom is 0.416 e. The normalized spacial score (nSPS) is 17.1. The third-order valence-electron chi connectivity index (χ3n) is 4.81. The van der Waals surface area contributed by atoms with Crippen molar-refractivity contribution in [2.75, 3.05) is 0 Å². The minimum Gasteiger partial charge on any atom is -0.305 e. The third-order valence-corrected chi connectivity index (χ3v) is 4.81. The molecule has 2 radical (unpaired) electrons. The van der Waals surface area contributed by atoms with Crippen molar-refractivity contribution in [3.63, 3.8) is 0 Å². The van der Waals surface area contributed by atoms with E-state index >= 15 is 0 Å². The zero-order chi connectivity index (χ0) is 20.6. The van der Waals surface area contributed by atoms with Gasteiger partial charge in [-0.3, -0.25) is 4.98 Å². The average molecular weight is 400 g/mol. The summed E-state index contributed by atoms with van der Waals surface area (Å²) < 4.78 is 78.3. The van der Waals surface area contributed by atoms with Gasteiger partial charge in [0, 0.05) is 17.6 Å². The topological polar surface area (TPSA) is 24.9 Å². The Hall–Kier alpha value is -2.09. The molecule has 1 N–H and O–H groups in total. The molecule has 150 valence electrons. The lowest BCUT2D eigenvalue weighted by atomic mass is 10.0. The molecule has 2 nitrogen and oxygen atoms in total. The van der Waals surface area contributed by atoms with E-state index in [2.05, 4.69) is 10.3 Å². The second kappa shape index (κ2) is 7.39. The highest BCUT2D eigenvalue weighted by atomic mass is 19.4. The van der Waals surface area contributed by atoms with Crippen LogP contribution in [0.15, 0.2) is 36.4 Å². The number of pyridine rings is 1. The van der Waals surface area contributed by atoms with Gasteiger partial charge < -0.3 is 5.32 Å². The van der Waals surface area contributed by atoms with Gasteiger partial charge in [-0.2, -0.15) is 26.3 Å². The molecule has 8 heteroatoms. The van der Waals surface area contributed by atoms with Gasteiger partial charge >= 0.3 is 12.4 Å². The van der Waals surface area contributed by atoms with Crippen LogP contribution < -0.4 is 5.32 Å². The molecule has 1 heterocycles. The summed E-state index contributed by atoms with van der Waals surface area (Å²) in [5.41, 5.74) is -2.97. The van der Waals surface area contributed by atoms with E-state index in [1.165, 1.54) is 6.07 Å². The van der Waals surface area contributed by atoms with Gasteiger partial charge in [-0.25, -0.2) is 0 Å². The first kappa shape index (κ1) is 20.6. The predicted octanol–water partition coefficient (Wildman–Crippen LogP) is 5.90. The van der Waals surface area contributed by atoms with Gasteiger partial charge in [-0.1, -0.05) is 18.9 Å². The SMILES string of the molecule is [CH]C1(NCc2cccc(-c3cc(C(F)(F)F)cc(C(F)(F)F)c3)n2)CCCC1. The van der Waals surface area contributed by atoms with Crippen molar-refractivity contribution in [3.05, 3.63) is 60.1 Å². The fraction of sp³-hybridized carbons (Fsp3) is 0.400. The van der Waals surface area contributed by atoms with Crippen molar-refractivity contribution in [2.45, 2.75) is 50.1 Å². The molecule has 1 aromatic heterocycles. The summed E-state index contributed by atoms with van der Waals surface area (Å²) in [6.45, 7) is 6.48. The van der Waals surface area contributed by atoms with Gasteiger partial charge in [0.05, 0.1) is 22.5 Å². The van der Waals surface area contributed by atoms with E-state index in [0.29, 0.717) is 17.8 Å². The van der Waals surface area contributed by atoms with Crippen molar-refractivity contribution in [1.29, 1.82) is 0 Å². The molecule has 0 atom stereocenters. The summed E-state index contributed by atoms with van der Waals surface area (Å²) in [6, 6.07) is 6.03. The Morgan fingerprint density at radius 1 is 0.929 bits per heavy atom. The number of nitrogens with one attached hydrogen (secondary N) is 1. The lowest BCUT2D eigenvalue weighted by Crippen LogP contribution is -2.39. The largest absolute Gasteiger partial charge is 0.416 e. The van der Waals surface area contributed by atoms with Crippen molar-refractivity contribution >= 4 is 0 Å². The van der Waals surface area contributed by atoms with Crippen molar-refractivity contribution in [1.82, 2.24) is 10.3 Å². The fourth-order valence-corrected chi connectivity index (χ4v) is 3.29. The van der Waals surface area contributed by atoms with Crippen LogP contribution in [0.3, 0.4) is 0 Å². The van der Waals surface area contributed by atoms with Crippen LogP contribution in [0.2, 0.25) is 0 Å². The van der Waals surface area contributed by atoms with E-state index in [4.69, 9.17) is 6.92 Å². The Morgan fingerprint density at radius 3 is 2.04 bits per heavy atom. The van der Waals surface area contributed by atoms with Crippen LogP contribution in [-0.4, -0.2) is 10.5 Å². The van der Waals surface area contributed by atoms with Crippen molar-refractivity contribution in [2.24, 2.45) is 0 Å². The van der Waals surface area contributed by atoms with E-state index in [9.17, 15) is 26.3 Å². The van der Waals surface area contributed by atoms with Gasteiger partial charge in [-0.15, -0.1) is 0 Å². The third kappa shape index (κ3) is 4.84. The maximum absolute atomic E-state index is 13.1. The molecule has 1 saturated carbocycles. The molecule has 28 heavy (non-hydrogen) atoms. The predicted molar refractivity (Wildman–Crippen MR) is 92.0 cm³/mol. The van der Waals surface area contributed by atoms with Crippen LogP contribution in [-0.2, 0) is 18.9 Å². The highest BCUT2D eigenvalue weighted by Crippen LogP contribution is 2.38. The van der Waals surface area contributed by atoms with Gasteiger partial charge in [0.25, 0.3) is 0 Å². The number of rotatable bonds is 4. The number of benzene rings is 1. The number of alkyl halides is 6. The van der Waals surface area contributed by atoms with E-state index in [1.54, 1.807) is 12.1 Å². The van der Waals surface area contributed by atoms with Crippen molar-refractivity contribution < 1.29 is 26.3 Å². The second-order valence-corrected chi connectivity index (χ2v) is 7.03. The van der Waals surface area contributed by atoms with E-state index in [0.717, 1.165) is 25.7 Å². The number of hydrogen-bond donors (Lipinski definition) is 1. The summed E-state index contributed by atoms with van der Waals surface area (Å²) in [7, 11) is 0. The smallest absolute Gasteiger partial charge is 0.305 e. The Labute approximate surface area is 159 Å². The maximum atomic E-state index is 13.1. The molecule has 0 bridgehead atoms. The minimum atomic E-state index is -4.90. The Morgan fingerprint density at radius 2 is 1.50 bits per heavy atom. The summed E-state index contributed by atoms with van der Waals surface area (Å²) in [4.78, 5) is 4.23. The van der Waals surface area contributed by atoms with E-state index in [-0.39, 0.29) is 23.9 Å². The fourth-order valence-electron chi connectivity index (χ4n) is 3.29. The summed E-state index contributed by atoms with van der Waals surface area (Å²) >= 11 is 0. The summed E-state index contributed by atoms with van der Waals surface area (Å²) in [5.74, 6) is 0. The van der Waals surface area contributed by atoms with Gasteiger partial charge in [-0.05, 0) is 50.1 Å². The van der Waals surface area contributed by atoms with Crippen LogP contribution in [0.4, 0.5) is 26.3 Å². The van der Waals surface area contributed by atoms with Crippen LogP contribution in [0.1, 0.15) is 42.5 Å². The Balaban J connectivity index is 1.92. The molecular weight excluding hydrogens is 382 g/mol. The number of aromatic nitrogens is 1. The molecular formula is C20H18F6N2. The van der Waals surface area contributed by atoms with Crippen LogP contribution >= 0.6 is 0 Å². The minimum absolute atomic E-state index is 0.0355. The monoisotopic (exact) mass is 400 g/mol. The van der Waals surface area contributed by atoms with Crippen LogP contribution in [0.5, 0.6) is 0 Å². The molecule has 3 rings (SSSR count). The zero-order valence-electron chi connectivity index (χ0n) is 14.8. The van der Waals surface area contributed by atoms with E-state index < -0.39 is 29.0 Å². The standard InChI is InChI=1S/C20H18F6N2/c1-18(7-2-3-8-18)27-12-16-5-4-6-17(28-16)13-9-14(19(21,22)23)11-15(10-13)20(24,25)26/h1,4-6,9-11,27H,2-3,7-8,12H2. The number of nitrogens with zero attached hydrogens (tertiary/aromatic N) is 1. The molecule has 0 unspecified atom stereocenters. The molecule has 0 spiro atoms. The first-order chi connectivity index (χ1) is 13.0. The van der Waals surface area contributed by atoms with Crippen LogP contribution in [0.25, 0.3) is 11.3 Å². The Bertz CT molecular complexity index is 803. The zero-order valence-corrected chi connectivity index (χ0v) is 14.8. The molecule has 1 aromatic carbocycles. The first-order valence-electron chi connectivity index (χ1n) is 8.76. The van der Waals surface area contributed by atoms with Gasteiger partial charge in [0.15, 0.2) is 0 Å². The molecule has 0 saturated heterocycles. The second-order valence-electron chi connectivity index (χ2n) is 7.03. The highest BCUT2D eigenvalue weighted by Gasteiger charge is 2.37. The quantitative estimate of drug-likeness (QED) is 0.647. The summed E-state index contributed by atoms with van der Waals surface area (Å²) in [6.07, 6.45) is -6.19. The molecule has 1 fully saturated rings. The molecule has 2 aromatic rings. The highest BCUT2D eigenvalue weighted by molar-refractivity contribution is 5.62. The van der Waals surface area contributed by atoms with Crippen molar-refractivity contribution in [3.8, 4) is 11.3 Å². The number of hydrogen-bond acceptors (Lipinski definition) is 2. The average Bonchev–Trinajstić information content (AvgIpc) is 3.05.